The summed E-state index contributed by atoms with van der Waals surface area (Å²) in [5.74, 6) is 1.30. The molecule has 0 heterocycles. The Morgan fingerprint density at radius 1 is 0.789 bits per heavy atom. The third-order valence-corrected chi connectivity index (χ3v) is 2.52. The molecule has 0 aliphatic heterocycles. The molecular formula is C15H30O4. The Morgan fingerprint density at radius 3 is 1.95 bits per heavy atom. The minimum Gasteiger partial charge on any atom is -0.491 e. The summed E-state index contributed by atoms with van der Waals surface area (Å²) in [5, 5.41) is 0. The molecule has 0 atom stereocenters. The molecule has 0 rings (SSSR count). The fraction of sp³-hybridized carbons (Fsp3) is 0.867. The van der Waals surface area contributed by atoms with Gasteiger partial charge < -0.3 is 18.9 Å². The van der Waals surface area contributed by atoms with Crippen LogP contribution < -0.4 is 0 Å². The Hall–Kier alpha value is -0.900. The summed E-state index contributed by atoms with van der Waals surface area (Å²) in [4.78, 5) is 0. The first-order valence-corrected chi connectivity index (χ1v) is 7.40. The van der Waals surface area contributed by atoms with Crippen molar-refractivity contribution in [2.75, 3.05) is 27.1 Å². The number of ether oxygens (including phenoxy) is 4. The van der Waals surface area contributed by atoms with Gasteiger partial charge in [-0.3, -0.25) is 0 Å². The van der Waals surface area contributed by atoms with Gasteiger partial charge in [0, 0.05) is 13.5 Å². The second-order valence-electron chi connectivity index (χ2n) is 4.42. The molecule has 0 radical (unpaired) electrons. The van der Waals surface area contributed by atoms with Crippen LogP contribution in [0.5, 0.6) is 0 Å². The third kappa shape index (κ3) is 9.65. The fourth-order valence-corrected chi connectivity index (χ4v) is 1.42. The maximum atomic E-state index is 5.79. The van der Waals surface area contributed by atoms with E-state index in [-0.39, 0.29) is 6.79 Å². The minimum absolute atomic E-state index is 0.186. The van der Waals surface area contributed by atoms with E-state index in [0.29, 0.717) is 19.2 Å². The monoisotopic (exact) mass is 274 g/mol. The van der Waals surface area contributed by atoms with E-state index in [1.807, 2.05) is 0 Å². The van der Waals surface area contributed by atoms with E-state index >= 15 is 0 Å². The average molecular weight is 274 g/mol. The zero-order chi connectivity index (χ0) is 14.3. The van der Waals surface area contributed by atoms with Crippen LogP contribution in [-0.2, 0) is 18.9 Å². The van der Waals surface area contributed by atoms with Crippen LogP contribution in [0, 0.1) is 0 Å². The zero-order valence-corrected chi connectivity index (χ0v) is 13.0. The normalized spacial score (nSPS) is 12.0. The summed E-state index contributed by atoms with van der Waals surface area (Å²) in [5.41, 5.74) is 0. The third-order valence-electron chi connectivity index (χ3n) is 2.52. The lowest BCUT2D eigenvalue weighted by molar-refractivity contribution is -0.0690. The molecule has 0 N–H and O–H groups in total. The molecule has 0 aliphatic carbocycles. The smallest absolute Gasteiger partial charge is 0.321 e. The second kappa shape index (κ2) is 13.5. The molecule has 0 unspecified atom stereocenters. The Balaban J connectivity index is 4.53. The summed E-state index contributed by atoms with van der Waals surface area (Å²) < 4.78 is 21.9. The maximum Gasteiger partial charge on any atom is 0.321 e. The van der Waals surface area contributed by atoms with Crippen LogP contribution in [0.25, 0.3) is 0 Å². The van der Waals surface area contributed by atoms with Gasteiger partial charge in [-0.2, -0.15) is 0 Å². The zero-order valence-electron chi connectivity index (χ0n) is 13.0. The molecule has 0 aromatic carbocycles. The van der Waals surface area contributed by atoms with Gasteiger partial charge in [0.25, 0.3) is 0 Å². The van der Waals surface area contributed by atoms with Crippen LogP contribution in [0.1, 0.15) is 59.3 Å². The lowest BCUT2D eigenvalue weighted by atomic mass is 10.3. The van der Waals surface area contributed by atoms with Crippen LogP contribution in [0.15, 0.2) is 11.7 Å². The maximum absolute atomic E-state index is 5.79. The summed E-state index contributed by atoms with van der Waals surface area (Å²) in [6.07, 6.45) is 6.09. The van der Waals surface area contributed by atoms with Crippen LogP contribution in [0.2, 0.25) is 0 Å². The van der Waals surface area contributed by atoms with Crippen LogP contribution >= 0.6 is 0 Å². The lowest BCUT2D eigenvalue weighted by Gasteiger charge is -2.16. The van der Waals surface area contributed by atoms with Crippen LogP contribution in [0.4, 0.5) is 0 Å². The molecule has 0 aliphatic rings. The van der Waals surface area contributed by atoms with Crippen molar-refractivity contribution < 1.29 is 18.9 Å². The van der Waals surface area contributed by atoms with Gasteiger partial charge in [0.1, 0.15) is 0 Å². The van der Waals surface area contributed by atoms with Crippen molar-refractivity contribution >= 4 is 0 Å². The highest BCUT2D eigenvalue weighted by atomic mass is 16.7. The lowest BCUT2D eigenvalue weighted by Crippen LogP contribution is -2.09. The highest BCUT2D eigenvalue weighted by Crippen LogP contribution is 2.17. The summed E-state index contributed by atoms with van der Waals surface area (Å²) in [6.45, 7) is 7.94. The van der Waals surface area contributed by atoms with E-state index in [9.17, 15) is 0 Å². The number of unbranched alkanes of at least 4 members (excludes halogenated alkanes) is 2. The number of allylic oxidation sites excluding steroid dienone is 1. The van der Waals surface area contributed by atoms with E-state index < -0.39 is 0 Å². The molecule has 4 heteroatoms. The van der Waals surface area contributed by atoms with E-state index in [0.717, 1.165) is 44.3 Å². The molecule has 0 bridgehead atoms. The molecule has 0 spiro atoms. The van der Waals surface area contributed by atoms with Crippen molar-refractivity contribution in [3.8, 4) is 0 Å². The van der Waals surface area contributed by atoms with Gasteiger partial charge in [0.2, 0.25) is 0 Å². The summed E-state index contributed by atoms with van der Waals surface area (Å²) in [6, 6.07) is 0. The predicted octanol–water partition coefficient (Wildman–Crippen LogP) is 4.21. The van der Waals surface area contributed by atoms with Gasteiger partial charge in [-0.15, -0.1) is 0 Å². The van der Waals surface area contributed by atoms with Gasteiger partial charge in [0.05, 0.1) is 13.2 Å². The van der Waals surface area contributed by atoms with E-state index in [2.05, 4.69) is 20.8 Å². The van der Waals surface area contributed by atoms with Crippen molar-refractivity contribution in [2.45, 2.75) is 59.3 Å². The Labute approximate surface area is 118 Å². The molecule has 0 amide bonds. The van der Waals surface area contributed by atoms with Crippen LogP contribution in [0.3, 0.4) is 0 Å². The van der Waals surface area contributed by atoms with Gasteiger partial charge in [-0.05, 0) is 19.3 Å². The van der Waals surface area contributed by atoms with Gasteiger partial charge in [-0.25, -0.2) is 0 Å². The molecule has 4 nitrogen and oxygen atoms in total. The van der Waals surface area contributed by atoms with E-state index in [1.165, 1.54) is 0 Å². The van der Waals surface area contributed by atoms with Crippen molar-refractivity contribution in [3.05, 3.63) is 11.7 Å². The van der Waals surface area contributed by atoms with Crippen LogP contribution in [-0.4, -0.2) is 27.1 Å². The summed E-state index contributed by atoms with van der Waals surface area (Å²) in [7, 11) is 1.60. The van der Waals surface area contributed by atoms with Crippen molar-refractivity contribution in [3.63, 3.8) is 0 Å². The number of rotatable bonds is 13. The van der Waals surface area contributed by atoms with Gasteiger partial charge in [0.15, 0.2) is 12.6 Å². The van der Waals surface area contributed by atoms with Gasteiger partial charge >= 0.3 is 5.95 Å². The van der Waals surface area contributed by atoms with E-state index in [1.54, 1.807) is 7.11 Å². The first-order chi connectivity index (χ1) is 9.29. The predicted molar refractivity (Wildman–Crippen MR) is 76.6 cm³/mol. The SMILES string of the molecule is CCCCO/C(CCC)=C(/OCCCC)OCOC. The fourth-order valence-electron chi connectivity index (χ4n) is 1.42. The first-order valence-electron chi connectivity index (χ1n) is 7.40. The largest absolute Gasteiger partial charge is 0.491 e. The highest BCUT2D eigenvalue weighted by Gasteiger charge is 2.11. The molecule has 19 heavy (non-hydrogen) atoms. The van der Waals surface area contributed by atoms with E-state index in [4.69, 9.17) is 18.9 Å². The molecule has 114 valence electrons. The number of hydrogen-bond acceptors (Lipinski definition) is 4. The Kier molecular flexibility index (Phi) is 12.9. The average Bonchev–Trinajstić information content (AvgIpc) is 2.42. The Morgan fingerprint density at radius 2 is 1.42 bits per heavy atom. The summed E-state index contributed by atoms with van der Waals surface area (Å²) >= 11 is 0. The molecule has 0 aromatic rings. The van der Waals surface area contributed by atoms with Crippen molar-refractivity contribution in [1.82, 2.24) is 0 Å². The second-order valence-corrected chi connectivity index (χ2v) is 4.42. The first kappa shape index (κ1) is 18.1. The number of methoxy groups -OCH3 is 1. The quantitative estimate of drug-likeness (QED) is 0.286. The molecule has 0 saturated carbocycles. The van der Waals surface area contributed by atoms with Gasteiger partial charge in [-0.1, -0.05) is 33.6 Å². The molecule has 0 aromatic heterocycles. The Bertz CT molecular complexity index is 226. The topological polar surface area (TPSA) is 36.9 Å². The standard InChI is InChI=1S/C15H30O4/c1-5-8-11-17-14(10-7-3)15(19-13-16-4)18-12-9-6-2/h5-13H2,1-4H3/b15-14-. The molecular weight excluding hydrogens is 244 g/mol. The highest BCUT2D eigenvalue weighted by molar-refractivity contribution is 4.95. The molecule has 0 saturated heterocycles. The minimum atomic E-state index is 0.186. The molecule has 0 fully saturated rings. The number of hydrogen-bond donors (Lipinski definition) is 0. The van der Waals surface area contributed by atoms with Crippen molar-refractivity contribution in [1.29, 1.82) is 0 Å². The van der Waals surface area contributed by atoms with Crippen molar-refractivity contribution in [2.24, 2.45) is 0 Å².